The van der Waals surface area contributed by atoms with Crippen LogP contribution in [0.2, 0.25) is 0 Å². The van der Waals surface area contributed by atoms with Crippen molar-refractivity contribution >= 4 is 27.1 Å². The second-order valence-electron chi connectivity index (χ2n) is 9.30. The van der Waals surface area contributed by atoms with Gasteiger partial charge >= 0.3 is 0 Å². The van der Waals surface area contributed by atoms with Gasteiger partial charge in [0.05, 0.1) is 17.2 Å². The van der Waals surface area contributed by atoms with Crippen LogP contribution in [0.15, 0.2) is 22.4 Å². The van der Waals surface area contributed by atoms with Crippen LogP contribution in [-0.4, -0.2) is 17.8 Å². The summed E-state index contributed by atoms with van der Waals surface area (Å²) in [6.07, 6.45) is 3.20. The lowest BCUT2D eigenvalue weighted by Gasteiger charge is -2.38. The van der Waals surface area contributed by atoms with Gasteiger partial charge in [0, 0.05) is 5.56 Å². The number of benzene rings is 1. The number of ether oxygens (including phenoxy) is 1. The van der Waals surface area contributed by atoms with Crippen LogP contribution in [0.5, 0.6) is 5.75 Å². The highest BCUT2D eigenvalue weighted by Crippen LogP contribution is 2.52. The van der Waals surface area contributed by atoms with Gasteiger partial charge in [-0.3, -0.25) is 0 Å². The molecule has 4 heteroatoms. The van der Waals surface area contributed by atoms with E-state index >= 15 is 0 Å². The van der Waals surface area contributed by atoms with E-state index in [1.807, 2.05) is 19.9 Å². The molecule has 1 aliphatic rings. The van der Waals surface area contributed by atoms with Gasteiger partial charge in [0.1, 0.15) is 11.6 Å². The minimum absolute atomic E-state index is 0.0322. The Hall–Kier alpha value is -1.13. The fourth-order valence-corrected chi connectivity index (χ4v) is 4.74. The molecule has 1 aromatic carbocycles. The number of hydrogen-bond donors (Lipinski definition) is 1. The Bertz CT molecular complexity index is 796. The van der Waals surface area contributed by atoms with Crippen molar-refractivity contribution in [1.29, 1.82) is 0 Å². The highest BCUT2D eigenvalue weighted by molar-refractivity contribution is 9.10. The molecular weight excluding hydrogens is 407 g/mol. The molecule has 0 spiro atoms. The van der Waals surface area contributed by atoms with E-state index < -0.39 is 12.4 Å². The van der Waals surface area contributed by atoms with Crippen molar-refractivity contribution in [2.75, 3.05) is 6.61 Å². The predicted molar refractivity (Wildman–Crippen MR) is 116 cm³/mol. The molecule has 150 valence electrons. The van der Waals surface area contributed by atoms with Crippen LogP contribution in [0.4, 0.5) is 4.39 Å². The number of fused-ring (bicyclic) bond motifs is 1. The maximum Gasteiger partial charge on any atom is 0.141 e. The van der Waals surface area contributed by atoms with Gasteiger partial charge < -0.3 is 9.84 Å². The first-order valence-corrected chi connectivity index (χ1v) is 10.3. The van der Waals surface area contributed by atoms with E-state index in [2.05, 4.69) is 56.6 Å². The van der Waals surface area contributed by atoms with Crippen molar-refractivity contribution < 1.29 is 14.2 Å². The van der Waals surface area contributed by atoms with Crippen molar-refractivity contribution in [3.8, 4) is 5.75 Å². The molecule has 0 amide bonds. The summed E-state index contributed by atoms with van der Waals surface area (Å²) in [5.74, 6) is 0.111. The monoisotopic (exact) mass is 438 g/mol. The zero-order chi connectivity index (χ0) is 20.7. The standard InChI is InChI=1S/C23H32BrFO2/c1-13(2)27-21-15(14(3)18(25)12-26)11-16-17(22(4,5)6)9-10-23(7,8)19(16)20(21)24/h9,11,13,26H,10,12H2,1-8H3/b18-14+. The molecule has 0 saturated carbocycles. The molecule has 0 bridgehead atoms. The van der Waals surface area contributed by atoms with Gasteiger partial charge in [0.15, 0.2) is 0 Å². The Morgan fingerprint density at radius 3 is 2.41 bits per heavy atom. The van der Waals surface area contributed by atoms with Crippen molar-refractivity contribution in [3.05, 3.63) is 39.1 Å². The lowest BCUT2D eigenvalue weighted by molar-refractivity contribution is 0.239. The molecule has 1 aliphatic carbocycles. The third-order valence-corrected chi connectivity index (χ3v) is 5.87. The zero-order valence-electron chi connectivity index (χ0n) is 17.8. The van der Waals surface area contributed by atoms with Gasteiger partial charge in [-0.25, -0.2) is 4.39 Å². The first kappa shape index (κ1) is 22.2. The van der Waals surface area contributed by atoms with Gasteiger partial charge in [-0.2, -0.15) is 0 Å². The summed E-state index contributed by atoms with van der Waals surface area (Å²) < 4.78 is 21.3. The highest BCUT2D eigenvalue weighted by atomic mass is 79.9. The second-order valence-corrected chi connectivity index (χ2v) is 10.1. The molecule has 2 nitrogen and oxygen atoms in total. The molecule has 0 unspecified atom stereocenters. The molecule has 0 fully saturated rings. The van der Waals surface area contributed by atoms with Crippen molar-refractivity contribution in [2.24, 2.45) is 5.41 Å². The van der Waals surface area contributed by atoms with E-state index in [1.54, 1.807) is 6.92 Å². The van der Waals surface area contributed by atoms with Gasteiger partial charge in [0.2, 0.25) is 0 Å². The van der Waals surface area contributed by atoms with E-state index in [1.165, 1.54) is 11.1 Å². The summed E-state index contributed by atoms with van der Waals surface area (Å²) in [7, 11) is 0. The SMILES string of the molecule is C/C(=C(\F)CO)c1cc2c(c(Br)c1OC(C)C)C(C)(C)CC=C2C(C)(C)C. The van der Waals surface area contributed by atoms with Crippen LogP contribution in [0.3, 0.4) is 0 Å². The fourth-order valence-electron chi connectivity index (χ4n) is 3.68. The Balaban J connectivity index is 2.93. The van der Waals surface area contributed by atoms with Crippen LogP contribution >= 0.6 is 15.9 Å². The minimum atomic E-state index is -0.616. The Kier molecular flexibility index (Phi) is 6.33. The van der Waals surface area contributed by atoms with Crippen molar-refractivity contribution in [1.82, 2.24) is 0 Å². The molecule has 0 aliphatic heterocycles. The maximum atomic E-state index is 14.3. The number of halogens is 2. The summed E-state index contributed by atoms with van der Waals surface area (Å²) >= 11 is 3.80. The predicted octanol–water partition coefficient (Wildman–Crippen LogP) is 7.04. The highest BCUT2D eigenvalue weighted by Gasteiger charge is 2.36. The third kappa shape index (κ3) is 4.32. The van der Waals surface area contributed by atoms with Crippen molar-refractivity contribution in [2.45, 2.75) is 73.3 Å². The fraction of sp³-hybridized carbons (Fsp3) is 0.565. The molecule has 0 saturated heterocycles. The van der Waals surface area contributed by atoms with Crippen LogP contribution in [0, 0.1) is 5.41 Å². The molecule has 0 aromatic heterocycles. The second kappa shape index (κ2) is 7.71. The van der Waals surface area contributed by atoms with Crippen LogP contribution in [-0.2, 0) is 5.41 Å². The number of hydrogen-bond acceptors (Lipinski definition) is 2. The Morgan fingerprint density at radius 1 is 1.33 bits per heavy atom. The average molecular weight is 439 g/mol. The zero-order valence-corrected chi connectivity index (χ0v) is 19.3. The Morgan fingerprint density at radius 2 is 1.93 bits per heavy atom. The van der Waals surface area contributed by atoms with Gasteiger partial charge in [-0.15, -0.1) is 0 Å². The normalized spacial score (nSPS) is 17.4. The van der Waals surface area contributed by atoms with Crippen LogP contribution < -0.4 is 4.74 Å². The molecule has 2 rings (SSSR count). The van der Waals surface area contributed by atoms with E-state index in [0.717, 1.165) is 16.5 Å². The van der Waals surface area contributed by atoms with Crippen LogP contribution in [0.1, 0.15) is 78.5 Å². The van der Waals surface area contributed by atoms with Gasteiger partial charge in [0.25, 0.3) is 0 Å². The molecular formula is C23H32BrFO2. The third-order valence-electron chi connectivity index (χ3n) is 5.12. The van der Waals surface area contributed by atoms with Crippen molar-refractivity contribution in [3.63, 3.8) is 0 Å². The minimum Gasteiger partial charge on any atom is -0.489 e. The smallest absolute Gasteiger partial charge is 0.141 e. The number of rotatable bonds is 4. The average Bonchev–Trinajstić information content (AvgIpc) is 2.53. The number of allylic oxidation sites excluding steroid dienone is 3. The number of aliphatic hydroxyl groups excluding tert-OH is 1. The summed E-state index contributed by atoms with van der Waals surface area (Å²) in [6.45, 7) is 16.0. The lowest BCUT2D eigenvalue weighted by atomic mass is 9.67. The maximum absolute atomic E-state index is 14.3. The number of aliphatic hydroxyl groups is 1. The molecule has 0 heterocycles. The molecule has 1 aromatic rings. The van der Waals surface area contributed by atoms with E-state index in [-0.39, 0.29) is 16.9 Å². The largest absolute Gasteiger partial charge is 0.489 e. The van der Waals surface area contributed by atoms with Gasteiger partial charge in [-0.1, -0.05) is 40.7 Å². The van der Waals surface area contributed by atoms with E-state index in [0.29, 0.717) is 16.9 Å². The lowest BCUT2D eigenvalue weighted by Crippen LogP contribution is -2.26. The molecule has 1 N–H and O–H groups in total. The topological polar surface area (TPSA) is 29.5 Å². The summed E-state index contributed by atoms with van der Waals surface area (Å²) in [4.78, 5) is 0. The Labute approximate surface area is 171 Å². The molecule has 0 radical (unpaired) electrons. The first-order chi connectivity index (χ1) is 12.3. The molecule has 0 atom stereocenters. The summed E-state index contributed by atoms with van der Waals surface area (Å²) in [6, 6.07) is 2.04. The van der Waals surface area contributed by atoms with Crippen LogP contribution in [0.25, 0.3) is 11.1 Å². The molecule has 27 heavy (non-hydrogen) atoms. The first-order valence-electron chi connectivity index (χ1n) is 9.52. The summed E-state index contributed by atoms with van der Waals surface area (Å²) in [5, 5.41) is 9.31. The quantitative estimate of drug-likeness (QED) is 0.545. The van der Waals surface area contributed by atoms with E-state index in [9.17, 15) is 9.50 Å². The van der Waals surface area contributed by atoms with Gasteiger partial charge in [-0.05, 0) is 82.3 Å². The van der Waals surface area contributed by atoms with E-state index in [4.69, 9.17) is 4.74 Å². The summed E-state index contributed by atoms with van der Waals surface area (Å²) in [5.41, 5.74) is 4.58.